The highest BCUT2D eigenvalue weighted by Crippen LogP contribution is 2.31. The summed E-state index contributed by atoms with van der Waals surface area (Å²) in [5.41, 5.74) is 0. The monoisotopic (exact) mass is 487 g/mol. The van der Waals surface area contributed by atoms with Gasteiger partial charge in [0.05, 0.1) is 10.5 Å². The maximum absolute atomic E-state index is 12.2. The van der Waals surface area contributed by atoms with E-state index in [1.165, 1.54) is 32.1 Å². The van der Waals surface area contributed by atoms with Gasteiger partial charge in [-0.15, -0.1) is 24.0 Å². The Labute approximate surface area is 172 Å². The van der Waals surface area contributed by atoms with E-state index in [1.54, 1.807) is 27.8 Å². The van der Waals surface area contributed by atoms with E-state index in [0.717, 1.165) is 5.92 Å². The van der Waals surface area contributed by atoms with E-state index >= 15 is 0 Å². The molecule has 0 aliphatic heterocycles. The van der Waals surface area contributed by atoms with Crippen molar-refractivity contribution in [2.45, 2.75) is 77.5 Å². The van der Waals surface area contributed by atoms with Gasteiger partial charge in [0.2, 0.25) is 0 Å². The van der Waals surface area contributed by atoms with Crippen LogP contribution in [0.25, 0.3) is 0 Å². The Morgan fingerprint density at radius 1 is 1.16 bits per heavy atom. The van der Waals surface area contributed by atoms with E-state index in [2.05, 4.69) is 29.5 Å². The SMILES string of the molecule is CN=C(NCCS(=O)(=O)C(C)(C)C)NC(C)C(C)C1CCCCC1.I. The van der Waals surface area contributed by atoms with Gasteiger partial charge < -0.3 is 10.6 Å². The molecule has 0 radical (unpaired) electrons. The Bertz CT molecular complexity index is 509. The predicted molar refractivity (Wildman–Crippen MR) is 119 cm³/mol. The van der Waals surface area contributed by atoms with Crippen LogP contribution in [0.3, 0.4) is 0 Å². The Morgan fingerprint density at radius 3 is 2.20 bits per heavy atom. The Morgan fingerprint density at radius 2 is 1.72 bits per heavy atom. The third kappa shape index (κ3) is 8.01. The zero-order valence-electron chi connectivity index (χ0n) is 16.8. The molecule has 2 N–H and O–H groups in total. The summed E-state index contributed by atoms with van der Waals surface area (Å²) in [5, 5.41) is 6.58. The molecule has 1 saturated carbocycles. The third-order valence-electron chi connectivity index (χ3n) is 5.37. The van der Waals surface area contributed by atoms with E-state index in [1.807, 2.05) is 0 Å². The zero-order valence-corrected chi connectivity index (χ0v) is 19.9. The highest BCUT2D eigenvalue weighted by molar-refractivity contribution is 14.0. The molecule has 0 heterocycles. The van der Waals surface area contributed by atoms with Crippen LogP contribution in [0.4, 0.5) is 0 Å². The molecule has 0 bridgehead atoms. The quantitative estimate of drug-likeness (QED) is 0.341. The molecule has 1 rings (SSSR count). The number of sulfone groups is 1. The number of halogens is 1. The highest BCUT2D eigenvalue weighted by Gasteiger charge is 2.28. The van der Waals surface area contributed by atoms with Gasteiger partial charge in [-0.1, -0.05) is 39.0 Å². The first kappa shape index (κ1) is 24.9. The van der Waals surface area contributed by atoms with Crippen LogP contribution in [0.5, 0.6) is 0 Å². The molecule has 1 fully saturated rings. The highest BCUT2D eigenvalue weighted by atomic mass is 127. The lowest BCUT2D eigenvalue weighted by Crippen LogP contribution is -2.47. The second-order valence-corrected chi connectivity index (χ2v) is 11.0. The van der Waals surface area contributed by atoms with Crippen molar-refractivity contribution in [2.24, 2.45) is 16.8 Å². The van der Waals surface area contributed by atoms with Gasteiger partial charge in [-0.2, -0.15) is 0 Å². The third-order valence-corrected chi connectivity index (χ3v) is 7.97. The molecular formula is C18H38IN3O2S. The van der Waals surface area contributed by atoms with Gasteiger partial charge in [0.1, 0.15) is 0 Å². The van der Waals surface area contributed by atoms with Crippen molar-refractivity contribution in [3.05, 3.63) is 0 Å². The maximum Gasteiger partial charge on any atom is 0.191 e. The summed E-state index contributed by atoms with van der Waals surface area (Å²) < 4.78 is 23.6. The molecule has 7 heteroatoms. The fraction of sp³-hybridized carbons (Fsp3) is 0.944. The molecule has 0 amide bonds. The number of hydrogen-bond donors (Lipinski definition) is 2. The Hall–Kier alpha value is -0.0500. The summed E-state index contributed by atoms with van der Waals surface area (Å²) >= 11 is 0. The number of rotatable bonds is 6. The topological polar surface area (TPSA) is 70.6 Å². The van der Waals surface area contributed by atoms with Gasteiger partial charge in [-0.05, 0) is 39.5 Å². The zero-order chi connectivity index (χ0) is 18.4. The van der Waals surface area contributed by atoms with Gasteiger partial charge >= 0.3 is 0 Å². The average Bonchev–Trinajstić information content (AvgIpc) is 2.52. The van der Waals surface area contributed by atoms with Crippen molar-refractivity contribution in [1.82, 2.24) is 10.6 Å². The van der Waals surface area contributed by atoms with Crippen LogP contribution in [-0.2, 0) is 9.84 Å². The molecule has 0 aromatic carbocycles. The lowest BCUT2D eigenvalue weighted by atomic mass is 9.78. The van der Waals surface area contributed by atoms with Crippen LogP contribution in [0.2, 0.25) is 0 Å². The van der Waals surface area contributed by atoms with Gasteiger partial charge in [0, 0.05) is 19.6 Å². The van der Waals surface area contributed by atoms with Gasteiger partial charge in [-0.3, -0.25) is 4.99 Å². The minimum atomic E-state index is -3.11. The molecule has 0 spiro atoms. The number of hydrogen-bond acceptors (Lipinski definition) is 3. The number of guanidine groups is 1. The van der Waals surface area contributed by atoms with E-state index in [0.29, 0.717) is 24.5 Å². The van der Waals surface area contributed by atoms with Crippen molar-refractivity contribution in [3.8, 4) is 0 Å². The van der Waals surface area contributed by atoms with E-state index in [-0.39, 0.29) is 29.7 Å². The van der Waals surface area contributed by atoms with Crippen LogP contribution in [0.15, 0.2) is 4.99 Å². The molecule has 25 heavy (non-hydrogen) atoms. The predicted octanol–water partition coefficient (Wildman–Crippen LogP) is 3.59. The molecule has 1 aliphatic rings. The minimum absolute atomic E-state index is 0. The van der Waals surface area contributed by atoms with E-state index in [9.17, 15) is 8.42 Å². The van der Waals surface area contributed by atoms with Crippen molar-refractivity contribution in [3.63, 3.8) is 0 Å². The van der Waals surface area contributed by atoms with Gasteiger partial charge in [0.25, 0.3) is 0 Å². The standard InChI is InChI=1S/C18H37N3O2S.HI/c1-14(16-10-8-7-9-11-16)15(2)21-17(19-6)20-12-13-24(22,23)18(3,4)5;/h14-16H,7-13H2,1-6H3,(H2,19,20,21);1H. The van der Waals surface area contributed by atoms with Crippen LogP contribution < -0.4 is 10.6 Å². The van der Waals surface area contributed by atoms with Gasteiger partial charge in [0.15, 0.2) is 15.8 Å². The molecule has 0 aromatic heterocycles. The molecular weight excluding hydrogens is 449 g/mol. The first-order valence-corrected chi connectivity index (χ1v) is 10.9. The van der Waals surface area contributed by atoms with Crippen molar-refractivity contribution in [1.29, 1.82) is 0 Å². The molecule has 1 aliphatic carbocycles. The smallest absolute Gasteiger partial charge is 0.191 e. The molecule has 2 unspecified atom stereocenters. The molecule has 150 valence electrons. The molecule has 5 nitrogen and oxygen atoms in total. The van der Waals surface area contributed by atoms with Crippen molar-refractivity contribution >= 4 is 39.8 Å². The minimum Gasteiger partial charge on any atom is -0.355 e. The summed E-state index contributed by atoms with van der Waals surface area (Å²) in [5.74, 6) is 2.17. The number of nitrogens with one attached hydrogen (secondary N) is 2. The molecule has 0 aromatic rings. The van der Waals surface area contributed by atoms with Crippen LogP contribution in [0.1, 0.15) is 66.7 Å². The lowest BCUT2D eigenvalue weighted by Gasteiger charge is -2.33. The second kappa shape index (κ2) is 10.9. The Kier molecular flexibility index (Phi) is 10.9. The first-order chi connectivity index (χ1) is 11.1. The maximum atomic E-state index is 12.2. The van der Waals surface area contributed by atoms with Crippen molar-refractivity contribution < 1.29 is 8.42 Å². The second-order valence-electron chi connectivity index (χ2n) is 8.12. The van der Waals surface area contributed by atoms with Crippen molar-refractivity contribution in [2.75, 3.05) is 19.3 Å². The van der Waals surface area contributed by atoms with E-state index < -0.39 is 14.6 Å². The normalized spacial score (nSPS) is 19.7. The summed E-state index contributed by atoms with van der Waals surface area (Å²) in [6.07, 6.45) is 6.71. The summed E-state index contributed by atoms with van der Waals surface area (Å²) in [6, 6.07) is 0.318. The number of aliphatic imine (C=N–C) groups is 1. The molecule has 2 atom stereocenters. The summed E-state index contributed by atoms with van der Waals surface area (Å²) in [6.45, 7) is 10.1. The number of nitrogens with zero attached hydrogens (tertiary/aromatic N) is 1. The lowest BCUT2D eigenvalue weighted by molar-refractivity contribution is 0.229. The van der Waals surface area contributed by atoms with Crippen LogP contribution in [0, 0.1) is 11.8 Å². The van der Waals surface area contributed by atoms with Crippen LogP contribution >= 0.6 is 24.0 Å². The first-order valence-electron chi connectivity index (χ1n) is 9.28. The Balaban J connectivity index is 0.00000576. The average molecular weight is 487 g/mol. The fourth-order valence-corrected chi connectivity index (χ4v) is 4.20. The van der Waals surface area contributed by atoms with Gasteiger partial charge in [-0.25, -0.2) is 8.42 Å². The molecule has 0 saturated heterocycles. The summed E-state index contributed by atoms with van der Waals surface area (Å²) in [7, 11) is -1.38. The van der Waals surface area contributed by atoms with E-state index in [4.69, 9.17) is 0 Å². The summed E-state index contributed by atoms with van der Waals surface area (Å²) in [4.78, 5) is 4.24. The van der Waals surface area contributed by atoms with Crippen LogP contribution in [-0.4, -0.2) is 44.5 Å². The fourth-order valence-electron chi connectivity index (χ4n) is 3.22. The largest absolute Gasteiger partial charge is 0.355 e.